The highest BCUT2D eigenvalue weighted by Crippen LogP contribution is 2.29. The van der Waals surface area contributed by atoms with Crippen molar-refractivity contribution in [1.29, 1.82) is 0 Å². The molecule has 3 aromatic heterocycles. The van der Waals surface area contributed by atoms with Crippen LogP contribution in [-0.2, 0) is 6.54 Å². The normalized spacial score (nSPS) is 11.3. The molecule has 0 atom stereocenters. The highest BCUT2D eigenvalue weighted by Gasteiger charge is 2.18. The van der Waals surface area contributed by atoms with Crippen molar-refractivity contribution >= 4 is 5.82 Å². The van der Waals surface area contributed by atoms with Crippen LogP contribution in [0.25, 0.3) is 34.3 Å². The van der Waals surface area contributed by atoms with Gasteiger partial charge in [0.1, 0.15) is 0 Å². The molecule has 0 aliphatic rings. The summed E-state index contributed by atoms with van der Waals surface area (Å²) in [6.45, 7) is 6.66. The summed E-state index contributed by atoms with van der Waals surface area (Å²) >= 11 is 0. The number of nitrogens with zero attached hydrogens (tertiary/aromatic N) is 5. The monoisotopic (exact) mass is 431 g/mol. The van der Waals surface area contributed by atoms with Crippen LogP contribution in [0.5, 0.6) is 0 Å². The molecular weight excluding hydrogens is 406 g/mol. The Kier molecular flexibility index (Phi) is 5.83. The minimum absolute atomic E-state index is 0.0184. The van der Waals surface area contributed by atoms with Crippen molar-refractivity contribution in [3.63, 3.8) is 0 Å². The standard InChI is InChI=1S/C23H25N7O2/c1-13(2)30-12-16(6-8-19(30)31)18-11-26-21(24)20(27-18)23-29-28-22(32-23)17-7-5-15(10-25-4)9-14(17)3/h5-9,11-13,25H,10H2,1-4H3,(H2,24,26). The Morgan fingerprint density at radius 3 is 2.66 bits per heavy atom. The zero-order valence-electron chi connectivity index (χ0n) is 18.5. The van der Waals surface area contributed by atoms with E-state index in [0.717, 1.165) is 23.2 Å². The molecule has 0 aliphatic carbocycles. The predicted octanol–water partition coefficient (Wildman–Crippen LogP) is 3.21. The lowest BCUT2D eigenvalue weighted by Crippen LogP contribution is -2.20. The summed E-state index contributed by atoms with van der Waals surface area (Å²) < 4.78 is 7.55. The molecular formula is C23H25N7O2. The number of hydrogen-bond donors (Lipinski definition) is 2. The van der Waals surface area contributed by atoms with Crippen molar-refractivity contribution in [3.8, 4) is 34.3 Å². The van der Waals surface area contributed by atoms with Crippen LogP contribution in [0.1, 0.15) is 31.0 Å². The summed E-state index contributed by atoms with van der Waals surface area (Å²) in [6.07, 6.45) is 3.32. The topological polar surface area (TPSA) is 125 Å². The SMILES string of the molecule is CNCc1ccc(-c2nnc(-c3nc(-c4ccc(=O)n(C(C)C)c4)cnc3N)o2)c(C)c1. The summed E-state index contributed by atoms with van der Waals surface area (Å²) in [5.41, 5.74) is 10.6. The van der Waals surface area contributed by atoms with Gasteiger partial charge in [-0.05, 0) is 51.1 Å². The Hall–Kier alpha value is -3.85. The molecule has 3 N–H and O–H groups in total. The van der Waals surface area contributed by atoms with Crippen LogP contribution in [0, 0.1) is 6.92 Å². The molecule has 9 nitrogen and oxygen atoms in total. The number of nitrogens with two attached hydrogens (primary N) is 1. The lowest BCUT2D eigenvalue weighted by molar-refractivity contribution is 0.578. The quantitative estimate of drug-likeness (QED) is 0.477. The highest BCUT2D eigenvalue weighted by molar-refractivity contribution is 5.69. The summed E-state index contributed by atoms with van der Waals surface area (Å²) in [7, 11) is 1.91. The molecule has 0 aliphatic heterocycles. The van der Waals surface area contributed by atoms with Crippen LogP contribution in [0.2, 0.25) is 0 Å². The predicted molar refractivity (Wildman–Crippen MR) is 123 cm³/mol. The van der Waals surface area contributed by atoms with Gasteiger partial charge in [0.15, 0.2) is 11.5 Å². The number of aryl methyl sites for hydroxylation is 1. The van der Waals surface area contributed by atoms with Crippen LogP contribution in [0.15, 0.2) is 51.9 Å². The van der Waals surface area contributed by atoms with Crippen LogP contribution >= 0.6 is 0 Å². The number of aromatic nitrogens is 5. The third-order valence-electron chi connectivity index (χ3n) is 5.12. The van der Waals surface area contributed by atoms with Crippen molar-refractivity contribution < 1.29 is 4.42 Å². The number of pyridine rings is 1. The largest absolute Gasteiger partial charge is 0.414 e. The van der Waals surface area contributed by atoms with Crippen molar-refractivity contribution in [3.05, 3.63) is 64.2 Å². The van der Waals surface area contributed by atoms with E-state index in [1.807, 2.05) is 40.0 Å². The van der Waals surface area contributed by atoms with Gasteiger partial charge in [0.25, 0.3) is 11.4 Å². The van der Waals surface area contributed by atoms with Crippen LogP contribution in [-0.4, -0.2) is 31.8 Å². The van der Waals surface area contributed by atoms with E-state index in [9.17, 15) is 4.79 Å². The number of hydrogen-bond acceptors (Lipinski definition) is 8. The van der Waals surface area contributed by atoms with Crippen LogP contribution < -0.4 is 16.6 Å². The summed E-state index contributed by atoms with van der Waals surface area (Å²) in [5.74, 6) is 0.749. The third-order valence-corrected chi connectivity index (χ3v) is 5.12. The Balaban J connectivity index is 1.71. The second-order valence-corrected chi connectivity index (χ2v) is 7.84. The Morgan fingerprint density at radius 2 is 1.94 bits per heavy atom. The average Bonchev–Trinajstić information content (AvgIpc) is 3.24. The van der Waals surface area contributed by atoms with E-state index in [4.69, 9.17) is 10.2 Å². The van der Waals surface area contributed by atoms with E-state index in [1.54, 1.807) is 23.0 Å². The Morgan fingerprint density at radius 1 is 1.16 bits per heavy atom. The smallest absolute Gasteiger partial charge is 0.270 e. The van der Waals surface area contributed by atoms with Crippen molar-refractivity contribution in [2.75, 3.05) is 12.8 Å². The molecule has 0 saturated heterocycles. The first-order valence-corrected chi connectivity index (χ1v) is 10.3. The fraction of sp³-hybridized carbons (Fsp3) is 0.261. The van der Waals surface area contributed by atoms with Gasteiger partial charge in [0, 0.05) is 36.0 Å². The second-order valence-electron chi connectivity index (χ2n) is 7.84. The number of anilines is 1. The molecule has 0 spiro atoms. The maximum atomic E-state index is 12.1. The molecule has 4 rings (SSSR count). The van der Waals surface area contributed by atoms with E-state index in [1.165, 1.54) is 11.6 Å². The van der Waals surface area contributed by atoms with Gasteiger partial charge >= 0.3 is 0 Å². The number of benzene rings is 1. The van der Waals surface area contributed by atoms with Crippen molar-refractivity contribution in [2.24, 2.45) is 0 Å². The zero-order chi connectivity index (χ0) is 22.8. The molecule has 9 heteroatoms. The van der Waals surface area contributed by atoms with Gasteiger partial charge in [-0.1, -0.05) is 12.1 Å². The average molecular weight is 432 g/mol. The molecule has 0 unspecified atom stereocenters. The number of nitrogen functional groups attached to an aromatic ring is 1. The maximum Gasteiger partial charge on any atom is 0.270 e. The lowest BCUT2D eigenvalue weighted by Gasteiger charge is -2.11. The van der Waals surface area contributed by atoms with Gasteiger partial charge in [-0.3, -0.25) is 4.79 Å². The summed E-state index contributed by atoms with van der Waals surface area (Å²) in [4.78, 5) is 20.9. The molecule has 0 bridgehead atoms. The first kappa shape index (κ1) is 21.4. The summed E-state index contributed by atoms with van der Waals surface area (Å²) in [6, 6.07) is 9.29. The van der Waals surface area contributed by atoms with Gasteiger partial charge in [0.2, 0.25) is 5.89 Å². The molecule has 164 valence electrons. The highest BCUT2D eigenvalue weighted by atomic mass is 16.4. The van der Waals surface area contributed by atoms with Gasteiger partial charge < -0.3 is 20.0 Å². The van der Waals surface area contributed by atoms with Crippen molar-refractivity contribution in [1.82, 2.24) is 30.0 Å². The van der Waals surface area contributed by atoms with E-state index >= 15 is 0 Å². The van der Waals surface area contributed by atoms with Crippen LogP contribution in [0.3, 0.4) is 0 Å². The van der Waals surface area contributed by atoms with Gasteiger partial charge in [-0.15, -0.1) is 10.2 Å². The first-order chi connectivity index (χ1) is 15.4. The third kappa shape index (κ3) is 4.15. The molecule has 4 aromatic rings. The van der Waals surface area contributed by atoms with E-state index in [0.29, 0.717) is 17.3 Å². The zero-order valence-corrected chi connectivity index (χ0v) is 18.5. The minimum atomic E-state index is -0.0787. The van der Waals surface area contributed by atoms with Crippen LogP contribution in [0.4, 0.5) is 5.82 Å². The lowest BCUT2D eigenvalue weighted by atomic mass is 10.1. The molecule has 0 amide bonds. The Bertz CT molecular complexity index is 1320. The van der Waals surface area contributed by atoms with Crippen molar-refractivity contribution in [2.45, 2.75) is 33.4 Å². The van der Waals surface area contributed by atoms with E-state index in [2.05, 4.69) is 31.5 Å². The molecule has 3 heterocycles. The fourth-order valence-corrected chi connectivity index (χ4v) is 3.46. The minimum Gasteiger partial charge on any atom is -0.414 e. The molecule has 1 aromatic carbocycles. The molecule has 32 heavy (non-hydrogen) atoms. The molecule has 0 fully saturated rings. The van der Waals surface area contributed by atoms with Gasteiger partial charge in [0.05, 0.1) is 11.9 Å². The second kappa shape index (κ2) is 8.72. The van der Waals surface area contributed by atoms with Gasteiger partial charge in [-0.25, -0.2) is 9.97 Å². The fourth-order valence-electron chi connectivity index (χ4n) is 3.46. The first-order valence-electron chi connectivity index (χ1n) is 10.3. The van der Waals surface area contributed by atoms with E-state index < -0.39 is 0 Å². The van der Waals surface area contributed by atoms with Gasteiger partial charge in [-0.2, -0.15) is 0 Å². The Labute approximate surface area is 185 Å². The number of rotatable bonds is 6. The van der Waals surface area contributed by atoms with E-state index in [-0.39, 0.29) is 23.3 Å². The molecule has 0 saturated carbocycles. The maximum absolute atomic E-state index is 12.1. The summed E-state index contributed by atoms with van der Waals surface area (Å²) in [5, 5.41) is 11.5. The number of nitrogens with one attached hydrogen (secondary N) is 1. The molecule has 0 radical (unpaired) electrons.